The average Bonchev–Trinajstić information content (AvgIpc) is 2.36. The standard InChI is InChI=1S/C12H17BrN2O2/c13-12-10(14)2-1-3-11(12)17-9-6-15-4-7-16-8-5-15/h1-3H,4-9,14H2. The lowest BCUT2D eigenvalue weighted by atomic mass is 10.3. The van der Waals surface area contributed by atoms with Crippen molar-refractivity contribution in [1.82, 2.24) is 4.90 Å². The molecule has 1 fully saturated rings. The lowest BCUT2D eigenvalue weighted by Gasteiger charge is -2.26. The lowest BCUT2D eigenvalue weighted by molar-refractivity contribution is 0.0322. The van der Waals surface area contributed by atoms with Crippen molar-refractivity contribution in [2.24, 2.45) is 0 Å². The molecule has 0 amide bonds. The van der Waals surface area contributed by atoms with E-state index in [2.05, 4.69) is 20.8 Å². The summed E-state index contributed by atoms with van der Waals surface area (Å²) in [5.41, 5.74) is 6.48. The van der Waals surface area contributed by atoms with E-state index in [1.807, 2.05) is 18.2 Å². The minimum absolute atomic E-state index is 0.669. The fourth-order valence-electron chi connectivity index (χ4n) is 1.75. The van der Waals surface area contributed by atoms with E-state index in [-0.39, 0.29) is 0 Å². The van der Waals surface area contributed by atoms with Crippen molar-refractivity contribution >= 4 is 21.6 Å². The van der Waals surface area contributed by atoms with Crippen LogP contribution in [-0.2, 0) is 4.74 Å². The Morgan fingerprint density at radius 2 is 2.12 bits per heavy atom. The minimum atomic E-state index is 0.669. The quantitative estimate of drug-likeness (QED) is 0.861. The predicted octanol–water partition coefficient (Wildman–Crippen LogP) is 1.74. The zero-order valence-electron chi connectivity index (χ0n) is 9.69. The smallest absolute Gasteiger partial charge is 0.135 e. The summed E-state index contributed by atoms with van der Waals surface area (Å²) in [6, 6.07) is 5.66. The summed E-state index contributed by atoms with van der Waals surface area (Å²) in [6.45, 7) is 5.21. The molecule has 0 saturated carbocycles. The van der Waals surface area contributed by atoms with Gasteiger partial charge < -0.3 is 15.2 Å². The molecule has 0 spiro atoms. The van der Waals surface area contributed by atoms with Gasteiger partial charge in [-0.25, -0.2) is 0 Å². The Bertz CT molecular complexity index is 368. The second-order valence-corrected chi connectivity index (χ2v) is 4.75. The van der Waals surface area contributed by atoms with Gasteiger partial charge in [-0.15, -0.1) is 0 Å². The summed E-state index contributed by atoms with van der Waals surface area (Å²) in [7, 11) is 0. The van der Waals surface area contributed by atoms with Crippen molar-refractivity contribution in [3.05, 3.63) is 22.7 Å². The van der Waals surface area contributed by atoms with E-state index in [0.29, 0.717) is 12.3 Å². The average molecular weight is 301 g/mol. The second kappa shape index (κ2) is 6.23. The molecule has 2 rings (SSSR count). The zero-order valence-corrected chi connectivity index (χ0v) is 11.3. The van der Waals surface area contributed by atoms with E-state index in [1.54, 1.807) is 0 Å². The Morgan fingerprint density at radius 1 is 1.35 bits per heavy atom. The van der Waals surface area contributed by atoms with Crippen LogP contribution in [0.2, 0.25) is 0 Å². The van der Waals surface area contributed by atoms with Crippen LogP contribution in [0.3, 0.4) is 0 Å². The molecule has 1 heterocycles. The number of hydrogen-bond donors (Lipinski definition) is 1. The number of hydrogen-bond acceptors (Lipinski definition) is 4. The summed E-state index contributed by atoms with van der Waals surface area (Å²) >= 11 is 3.42. The van der Waals surface area contributed by atoms with Gasteiger partial charge in [-0.1, -0.05) is 6.07 Å². The molecule has 5 heteroatoms. The molecule has 1 aliphatic rings. The maximum Gasteiger partial charge on any atom is 0.135 e. The van der Waals surface area contributed by atoms with E-state index in [9.17, 15) is 0 Å². The Hall–Kier alpha value is -0.780. The molecule has 1 aliphatic heterocycles. The van der Waals surface area contributed by atoms with Crippen LogP contribution in [-0.4, -0.2) is 44.4 Å². The van der Waals surface area contributed by atoms with Crippen molar-refractivity contribution < 1.29 is 9.47 Å². The first-order valence-corrected chi connectivity index (χ1v) is 6.53. The van der Waals surface area contributed by atoms with Crippen molar-refractivity contribution in [3.63, 3.8) is 0 Å². The van der Waals surface area contributed by atoms with E-state index in [1.165, 1.54) is 0 Å². The highest BCUT2D eigenvalue weighted by Gasteiger charge is 2.10. The SMILES string of the molecule is Nc1cccc(OCCN2CCOCC2)c1Br. The first-order valence-electron chi connectivity index (χ1n) is 5.74. The Balaban J connectivity index is 1.79. The van der Waals surface area contributed by atoms with E-state index in [0.717, 1.165) is 43.1 Å². The lowest BCUT2D eigenvalue weighted by Crippen LogP contribution is -2.38. The van der Waals surface area contributed by atoms with Gasteiger partial charge in [0.25, 0.3) is 0 Å². The normalized spacial score (nSPS) is 17.0. The van der Waals surface area contributed by atoms with Gasteiger partial charge in [0.1, 0.15) is 12.4 Å². The second-order valence-electron chi connectivity index (χ2n) is 3.96. The highest BCUT2D eigenvalue weighted by atomic mass is 79.9. The van der Waals surface area contributed by atoms with Crippen LogP contribution < -0.4 is 10.5 Å². The van der Waals surface area contributed by atoms with Crippen LogP contribution in [0, 0.1) is 0 Å². The molecule has 2 N–H and O–H groups in total. The van der Waals surface area contributed by atoms with Crippen LogP contribution in [0.4, 0.5) is 5.69 Å². The number of rotatable bonds is 4. The van der Waals surface area contributed by atoms with Gasteiger partial charge in [0.05, 0.1) is 17.7 Å². The zero-order chi connectivity index (χ0) is 12.1. The van der Waals surface area contributed by atoms with Crippen molar-refractivity contribution in [1.29, 1.82) is 0 Å². The number of morpholine rings is 1. The molecule has 0 radical (unpaired) electrons. The highest BCUT2D eigenvalue weighted by Crippen LogP contribution is 2.30. The summed E-state index contributed by atoms with van der Waals surface area (Å²) in [5.74, 6) is 0.804. The topological polar surface area (TPSA) is 47.7 Å². The third-order valence-electron chi connectivity index (χ3n) is 2.76. The maximum absolute atomic E-state index is 5.78. The third kappa shape index (κ3) is 3.59. The number of ether oxygens (including phenoxy) is 2. The van der Waals surface area contributed by atoms with E-state index < -0.39 is 0 Å². The van der Waals surface area contributed by atoms with Crippen molar-refractivity contribution in [2.45, 2.75) is 0 Å². The Kier molecular flexibility index (Phi) is 4.65. The van der Waals surface area contributed by atoms with Crippen molar-refractivity contribution in [3.8, 4) is 5.75 Å². The van der Waals surface area contributed by atoms with Gasteiger partial charge >= 0.3 is 0 Å². The van der Waals surface area contributed by atoms with Gasteiger partial charge in [0, 0.05) is 25.3 Å². The molecule has 17 heavy (non-hydrogen) atoms. The van der Waals surface area contributed by atoms with Crippen LogP contribution in [0.15, 0.2) is 22.7 Å². The minimum Gasteiger partial charge on any atom is -0.491 e. The van der Waals surface area contributed by atoms with Gasteiger partial charge in [0.15, 0.2) is 0 Å². The molecule has 94 valence electrons. The van der Waals surface area contributed by atoms with Gasteiger partial charge in [0.2, 0.25) is 0 Å². The van der Waals surface area contributed by atoms with Crippen LogP contribution in [0.25, 0.3) is 0 Å². The molecular formula is C12H17BrN2O2. The van der Waals surface area contributed by atoms with E-state index in [4.69, 9.17) is 15.2 Å². The van der Waals surface area contributed by atoms with Crippen molar-refractivity contribution in [2.75, 3.05) is 45.2 Å². The fraction of sp³-hybridized carbons (Fsp3) is 0.500. The molecule has 0 bridgehead atoms. The number of benzene rings is 1. The molecule has 0 atom stereocenters. The largest absolute Gasteiger partial charge is 0.491 e. The molecule has 0 unspecified atom stereocenters. The number of nitrogens with zero attached hydrogens (tertiary/aromatic N) is 1. The maximum atomic E-state index is 5.78. The van der Waals surface area contributed by atoms with Gasteiger partial charge in [-0.3, -0.25) is 4.90 Å². The van der Waals surface area contributed by atoms with E-state index >= 15 is 0 Å². The molecule has 4 nitrogen and oxygen atoms in total. The molecular weight excluding hydrogens is 284 g/mol. The van der Waals surface area contributed by atoms with Crippen LogP contribution in [0.1, 0.15) is 0 Å². The Morgan fingerprint density at radius 3 is 2.88 bits per heavy atom. The summed E-state index contributed by atoms with van der Waals surface area (Å²) in [4.78, 5) is 2.34. The Labute approximate surface area is 110 Å². The number of nitrogens with two attached hydrogens (primary N) is 1. The number of anilines is 1. The van der Waals surface area contributed by atoms with Crippen LogP contribution >= 0.6 is 15.9 Å². The summed E-state index contributed by atoms with van der Waals surface area (Å²) < 4.78 is 11.8. The predicted molar refractivity (Wildman–Crippen MR) is 71.3 cm³/mol. The third-order valence-corrected chi connectivity index (χ3v) is 3.61. The van der Waals surface area contributed by atoms with Gasteiger partial charge in [-0.2, -0.15) is 0 Å². The highest BCUT2D eigenvalue weighted by molar-refractivity contribution is 9.10. The first-order chi connectivity index (χ1) is 8.27. The summed E-state index contributed by atoms with van der Waals surface area (Å²) in [5, 5.41) is 0. The molecule has 0 aromatic heterocycles. The monoisotopic (exact) mass is 300 g/mol. The molecule has 0 aliphatic carbocycles. The van der Waals surface area contributed by atoms with Crippen LogP contribution in [0.5, 0.6) is 5.75 Å². The summed E-state index contributed by atoms with van der Waals surface area (Å²) in [6.07, 6.45) is 0. The number of nitrogen functional groups attached to an aromatic ring is 1. The fourth-order valence-corrected chi connectivity index (χ4v) is 2.13. The first kappa shape index (κ1) is 12.7. The molecule has 1 aromatic carbocycles. The van der Waals surface area contributed by atoms with Gasteiger partial charge in [-0.05, 0) is 28.1 Å². The molecule has 1 aromatic rings. The molecule has 1 saturated heterocycles. The number of halogens is 1.